The van der Waals surface area contributed by atoms with Gasteiger partial charge in [-0.15, -0.1) is 0 Å². The molecule has 3 nitrogen and oxygen atoms in total. The van der Waals surface area contributed by atoms with Crippen LogP contribution in [-0.4, -0.2) is 16.4 Å². The van der Waals surface area contributed by atoms with Crippen LogP contribution < -0.4 is 0 Å². The molecule has 1 aromatic heterocycles. The van der Waals surface area contributed by atoms with E-state index in [9.17, 15) is 0 Å². The number of aryl methyl sites for hydroxylation is 1. The van der Waals surface area contributed by atoms with Gasteiger partial charge in [0.2, 0.25) is 0 Å². The van der Waals surface area contributed by atoms with E-state index < -0.39 is 0 Å². The van der Waals surface area contributed by atoms with Gasteiger partial charge in [0.25, 0.3) is 0 Å². The van der Waals surface area contributed by atoms with Crippen molar-refractivity contribution < 1.29 is 4.74 Å². The Morgan fingerprint density at radius 3 is 3.00 bits per heavy atom. The first kappa shape index (κ1) is 8.84. The van der Waals surface area contributed by atoms with Gasteiger partial charge in [-0.3, -0.25) is 4.68 Å². The average Bonchev–Trinajstić information content (AvgIpc) is 2.36. The lowest BCUT2D eigenvalue weighted by Gasteiger charge is -2.05. The maximum Gasteiger partial charge on any atom is 0.110 e. The zero-order valence-electron chi connectivity index (χ0n) is 7.58. The van der Waals surface area contributed by atoms with Crippen LogP contribution in [0.2, 0.25) is 0 Å². The van der Waals surface area contributed by atoms with Crippen molar-refractivity contribution >= 4 is 0 Å². The zero-order valence-corrected chi connectivity index (χ0v) is 7.58. The molecule has 0 spiro atoms. The van der Waals surface area contributed by atoms with E-state index in [0.29, 0.717) is 13.2 Å². The summed E-state index contributed by atoms with van der Waals surface area (Å²) in [7, 11) is 0. The number of rotatable bonds is 4. The Labute approximate surface area is 72.7 Å². The molecule has 1 heterocycles. The minimum Gasteiger partial charge on any atom is -0.497 e. The van der Waals surface area contributed by atoms with Crippen LogP contribution >= 0.6 is 0 Å². The van der Waals surface area contributed by atoms with E-state index in [1.165, 1.54) is 0 Å². The number of hydrogen-bond donors (Lipinski definition) is 0. The average molecular weight is 166 g/mol. The molecule has 0 radical (unpaired) electrons. The fourth-order valence-corrected chi connectivity index (χ4v) is 0.982. The molecule has 0 aliphatic rings. The molecule has 0 saturated carbocycles. The summed E-state index contributed by atoms with van der Waals surface area (Å²) >= 11 is 0. The van der Waals surface area contributed by atoms with E-state index in [2.05, 4.69) is 11.7 Å². The molecule has 0 aromatic carbocycles. The van der Waals surface area contributed by atoms with Crippen molar-refractivity contribution in [1.29, 1.82) is 0 Å². The molecular weight excluding hydrogens is 152 g/mol. The standard InChI is InChI=1S/C9H14N2O/c1-4-12-9(3)7-11-6-5-8(2)10-11/h5-6H,3-4,7H2,1-2H3. The molecular formula is C9H14N2O. The number of allylic oxidation sites excluding steroid dienone is 1. The Morgan fingerprint density at radius 2 is 2.50 bits per heavy atom. The maximum atomic E-state index is 5.20. The lowest BCUT2D eigenvalue weighted by atomic mass is 10.5. The normalized spacial score (nSPS) is 9.83. The van der Waals surface area contributed by atoms with Crippen molar-refractivity contribution in [2.24, 2.45) is 0 Å². The second-order valence-electron chi connectivity index (χ2n) is 2.63. The number of hydrogen-bond acceptors (Lipinski definition) is 2. The first-order valence-electron chi connectivity index (χ1n) is 4.03. The van der Waals surface area contributed by atoms with E-state index in [4.69, 9.17) is 4.74 Å². The topological polar surface area (TPSA) is 27.1 Å². The van der Waals surface area contributed by atoms with Gasteiger partial charge in [0, 0.05) is 6.20 Å². The fraction of sp³-hybridized carbons (Fsp3) is 0.444. The highest BCUT2D eigenvalue weighted by atomic mass is 16.5. The molecule has 0 N–H and O–H groups in total. The Morgan fingerprint density at radius 1 is 1.75 bits per heavy atom. The van der Waals surface area contributed by atoms with Gasteiger partial charge >= 0.3 is 0 Å². The van der Waals surface area contributed by atoms with Crippen LogP contribution in [0.4, 0.5) is 0 Å². The summed E-state index contributed by atoms with van der Waals surface area (Å²) in [5, 5.41) is 4.21. The smallest absolute Gasteiger partial charge is 0.110 e. The van der Waals surface area contributed by atoms with Crippen molar-refractivity contribution in [2.45, 2.75) is 20.4 Å². The summed E-state index contributed by atoms with van der Waals surface area (Å²) in [5.41, 5.74) is 1.01. The highest BCUT2D eigenvalue weighted by Gasteiger charge is 1.96. The molecule has 0 aliphatic carbocycles. The van der Waals surface area contributed by atoms with E-state index >= 15 is 0 Å². The van der Waals surface area contributed by atoms with Gasteiger partial charge in [-0.05, 0) is 19.9 Å². The van der Waals surface area contributed by atoms with Crippen molar-refractivity contribution in [1.82, 2.24) is 9.78 Å². The fourth-order valence-electron chi connectivity index (χ4n) is 0.982. The number of aromatic nitrogens is 2. The Hall–Kier alpha value is -1.25. The summed E-state index contributed by atoms with van der Waals surface area (Å²) in [5.74, 6) is 0.751. The first-order chi connectivity index (χ1) is 5.72. The number of nitrogens with zero attached hydrogens (tertiary/aromatic N) is 2. The van der Waals surface area contributed by atoms with Gasteiger partial charge in [-0.1, -0.05) is 6.58 Å². The van der Waals surface area contributed by atoms with Crippen LogP contribution in [-0.2, 0) is 11.3 Å². The van der Waals surface area contributed by atoms with Crippen LogP contribution in [0.3, 0.4) is 0 Å². The largest absolute Gasteiger partial charge is 0.497 e. The zero-order chi connectivity index (χ0) is 8.97. The third-order valence-electron chi connectivity index (χ3n) is 1.46. The maximum absolute atomic E-state index is 5.20. The molecule has 0 atom stereocenters. The second-order valence-corrected chi connectivity index (χ2v) is 2.63. The van der Waals surface area contributed by atoms with Crippen molar-refractivity contribution in [3.63, 3.8) is 0 Å². The van der Waals surface area contributed by atoms with Gasteiger partial charge in [0.15, 0.2) is 0 Å². The van der Waals surface area contributed by atoms with E-state index in [0.717, 1.165) is 11.5 Å². The Bertz CT molecular complexity index is 265. The quantitative estimate of drug-likeness (QED) is 0.637. The summed E-state index contributed by atoms with van der Waals surface area (Å²) in [6, 6.07) is 1.96. The van der Waals surface area contributed by atoms with Crippen LogP contribution in [0.5, 0.6) is 0 Å². The minimum absolute atomic E-state index is 0.641. The van der Waals surface area contributed by atoms with Crippen LogP contribution in [0.1, 0.15) is 12.6 Å². The van der Waals surface area contributed by atoms with Crippen LogP contribution in [0, 0.1) is 6.92 Å². The summed E-state index contributed by atoms with van der Waals surface area (Å²) in [6.07, 6.45) is 1.92. The molecule has 0 saturated heterocycles. The first-order valence-corrected chi connectivity index (χ1v) is 4.03. The lowest BCUT2D eigenvalue weighted by molar-refractivity contribution is 0.212. The van der Waals surface area contributed by atoms with Crippen molar-refractivity contribution in [3.8, 4) is 0 Å². The third kappa shape index (κ3) is 2.42. The summed E-state index contributed by atoms with van der Waals surface area (Å²) in [6.45, 7) is 8.97. The van der Waals surface area contributed by atoms with E-state index in [1.807, 2.05) is 30.8 Å². The minimum atomic E-state index is 0.641. The van der Waals surface area contributed by atoms with Crippen LogP contribution in [0.25, 0.3) is 0 Å². The highest BCUT2D eigenvalue weighted by Crippen LogP contribution is 1.99. The molecule has 0 unspecified atom stereocenters. The van der Waals surface area contributed by atoms with E-state index in [1.54, 1.807) is 0 Å². The van der Waals surface area contributed by atoms with Crippen molar-refractivity contribution in [2.75, 3.05) is 6.61 Å². The van der Waals surface area contributed by atoms with E-state index in [-0.39, 0.29) is 0 Å². The van der Waals surface area contributed by atoms with Gasteiger partial charge in [-0.2, -0.15) is 5.10 Å². The number of ether oxygens (including phenoxy) is 1. The highest BCUT2D eigenvalue weighted by molar-refractivity contribution is 4.96. The van der Waals surface area contributed by atoms with Crippen LogP contribution in [0.15, 0.2) is 24.6 Å². The molecule has 12 heavy (non-hydrogen) atoms. The molecule has 0 bridgehead atoms. The molecule has 0 fully saturated rings. The molecule has 66 valence electrons. The third-order valence-corrected chi connectivity index (χ3v) is 1.46. The van der Waals surface area contributed by atoms with Gasteiger partial charge < -0.3 is 4.74 Å². The second kappa shape index (κ2) is 3.95. The lowest BCUT2D eigenvalue weighted by Crippen LogP contribution is -2.03. The molecule has 3 heteroatoms. The molecule has 0 aliphatic heterocycles. The summed E-state index contributed by atoms with van der Waals surface area (Å²) < 4.78 is 7.01. The summed E-state index contributed by atoms with van der Waals surface area (Å²) in [4.78, 5) is 0. The molecule has 0 amide bonds. The SMILES string of the molecule is C=C(Cn1ccc(C)n1)OCC. The Kier molecular flexibility index (Phi) is 2.91. The van der Waals surface area contributed by atoms with Crippen molar-refractivity contribution in [3.05, 3.63) is 30.3 Å². The Balaban J connectivity index is 2.46. The molecule has 1 rings (SSSR count). The van der Waals surface area contributed by atoms with Gasteiger partial charge in [0.1, 0.15) is 5.76 Å². The predicted octanol–water partition coefficient (Wildman–Crippen LogP) is 1.74. The van der Waals surface area contributed by atoms with Gasteiger partial charge in [-0.25, -0.2) is 0 Å². The molecule has 1 aromatic rings. The predicted molar refractivity (Wildman–Crippen MR) is 47.7 cm³/mol. The van der Waals surface area contributed by atoms with Gasteiger partial charge in [0.05, 0.1) is 18.8 Å². The monoisotopic (exact) mass is 166 g/mol.